The Hall–Kier alpha value is -2.82. The van der Waals surface area contributed by atoms with Crippen molar-refractivity contribution in [3.05, 3.63) is 71.0 Å². The predicted octanol–water partition coefficient (Wildman–Crippen LogP) is 2.49. The van der Waals surface area contributed by atoms with E-state index in [4.69, 9.17) is 9.47 Å². The summed E-state index contributed by atoms with van der Waals surface area (Å²) in [6.45, 7) is 5.49. The SMILES string of the molecule is C=CCc1cccc2c1C[C@@H]1/C(=C\O[C@@H]3C=C(C)C(=O)O3)C(=O)N[C@H]21. The molecule has 1 aliphatic carbocycles. The van der Waals surface area contributed by atoms with E-state index >= 15 is 0 Å². The monoisotopic (exact) mass is 337 g/mol. The van der Waals surface area contributed by atoms with Crippen LogP contribution in [0, 0.1) is 5.92 Å². The second-order valence-electron chi connectivity index (χ2n) is 6.57. The fraction of sp³-hybridized carbons (Fsp3) is 0.300. The summed E-state index contributed by atoms with van der Waals surface area (Å²) in [6, 6.07) is 6.18. The summed E-state index contributed by atoms with van der Waals surface area (Å²) >= 11 is 0. The average molecular weight is 337 g/mol. The van der Waals surface area contributed by atoms with E-state index in [2.05, 4.69) is 24.0 Å². The van der Waals surface area contributed by atoms with Crippen LogP contribution in [0.15, 0.2) is 54.3 Å². The zero-order chi connectivity index (χ0) is 17.6. The van der Waals surface area contributed by atoms with Crippen LogP contribution < -0.4 is 5.32 Å². The summed E-state index contributed by atoms with van der Waals surface area (Å²) in [4.78, 5) is 23.7. The summed E-state index contributed by atoms with van der Waals surface area (Å²) < 4.78 is 10.6. The Labute approximate surface area is 146 Å². The van der Waals surface area contributed by atoms with Crippen LogP contribution in [0.2, 0.25) is 0 Å². The molecule has 0 saturated carbocycles. The average Bonchev–Trinajstić information content (AvgIpc) is 3.19. The van der Waals surface area contributed by atoms with Gasteiger partial charge in [-0.25, -0.2) is 4.79 Å². The molecule has 2 heterocycles. The van der Waals surface area contributed by atoms with Crippen molar-refractivity contribution in [3.63, 3.8) is 0 Å². The molecule has 5 nitrogen and oxygen atoms in total. The van der Waals surface area contributed by atoms with E-state index in [0.717, 1.165) is 12.8 Å². The molecule has 1 amide bonds. The molecule has 128 valence electrons. The molecule has 3 atom stereocenters. The van der Waals surface area contributed by atoms with Crippen LogP contribution >= 0.6 is 0 Å². The molecule has 4 rings (SSSR count). The fourth-order valence-electron chi connectivity index (χ4n) is 3.81. The van der Waals surface area contributed by atoms with Crippen molar-refractivity contribution in [2.45, 2.75) is 32.1 Å². The minimum absolute atomic E-state index is 0.0227. The van der Waals surface area contributed by atoms with Crippen LogP contribution in [0.25, 0.3) is 0 Å². The highest BCUT2D eigenvalue weighted by Crippen LogP contribution is 2.45. The summed E-state index contributed by atoms with van der Waals surface area (Å²) in [5.74, 6) is -0.477. The number of amides is 1. The van der Waals surface area contributed by atoms with Crippen LogP contribution in [0.5, 0.6) is 0 Å². The highest BCUT2D eigenvalue weighted by molar-refractivity contribution is 5.97. The van der Waals surface area contributed by atoms with Crippen molar-refractivity contribution in [2.24, 2.45) is 5.92 Å². The minimum atomic E-state index is -0.757. The van der Waals surface area contributed by atoms with E-state index in [1.807, 2.05) is 12.1 Å². The molecule has 0 bridgehead atoms. The molecule has 3 aliphatic rings. The Kier molecular flexibility index (Phi) is 3.71. The smallest absolute Gasteiger partial charge is 0.336 e. The number of fused-ring (bicyclic) bond motifs is 3. The molecule has 5 heteroatoms. The van der Waals surface area contributed by atoms with Crippen LogP contribution in [-0.4, -0.2) is 18.2 Å². The molecule has 0 spiro atoms. The fourth-order valence-corrected chi connectivity index (χ4v) is 3.81. The third-order valence-corrected chi connectivity index (χ3v) is 5.04. The Morgan fingerprint density at radius 2 is 2.24 bits per heavy atom. The van der Waals surface area contributed by atoms with Gasteiger partial charge in [-0.15, -0.1) is 6.58 Å². The minimum Gasteiger partial charge on any atom is -0.458 e. The Bertz CT molecular complexity index is 836. The van der Waals surface area contributed by atoms with Crippen molar-refractivity contribution < 1.29 is 19.1 Å². The lowest BCUT2D eigenvalue weighted by Gasteiger charge is -2.11. The molecule has 0 radical (unpaired) electrons. The van der Waals surface area contributed by atoms with Crippen LogP contribution in [0.3, 0.4) is 0 Å². The zero-order valence-electron chi connectivity index (χ0n) is 14.0. The molecule has 0 aromatic heterocycles. The molecular formula is C20H19NO4. The summed E-state index contributed by atoms with van der Waals surface area (Å²) in [7, 11) is 0. The number of carbonyl (C=O) groups excluding carboxylic acids is 2. The zero-order valence-corrected chi connectivity index (χ0v) is 14.0. The highest BCUT2D eigenvalue weighted by Gasteiger charge is 2.44. The number of carbonyl (C=O) groups is 2. The van der Waals surface area contributed by atoms with E-state index in [9.17, 15) is 9.59 Å². The van der Waals surface area contributed by atoms with Gasteiger partial charge in [0.1, 0.15) is 0 Å². The maximum Gasteiger partial charge on any atom is 0.336 e. The number of rotatable bonds is 4. The van der Waals surface area contributed by atoms with Gasteiger partial charge in [-0.05, 0) is 36.5 Å². The number of esters is 1. The number of hydrogen-bond acceptors (Lipinski definition) is 4. The second kappa shape index (κ2) is 5.92. The number of ether oxygens (including phenoxy) is 2. The van der Waals surface area contributed by atoms with E-state index in [-0.39, 0.29) is 23.8 Å². The van der Waals surface area contributed by atoms with E-state index < -0.39 is 6.29 Å². The van der Waals surface area contributed by atoms with Gasteiger partial charge in [0.15, 0.2) is 0 Å². The maximum absolute atomic E-state index is 12.3. The van der Waals surface area contributed by atoms with Crippen molar-refractivity contribution in [2.75, 3.05) is 0 Å². The summed E-state index contributed by atoms with van der Waals surface area (Å²) in [5.41, 5.74) is 4.81. The van der Waals surface area contributed by atoms with E-state index in [1.165, 1.54) is 23.0 Å². The topological polar surface area (TPSA) is 64.6 Å². The van der Waals surface area contributed by atoms with Crippen molar-refractivity contribution in [1.82, 2.24) is 5.32 Å². The Morgan fingerprint density at radius 1 is 1.40 bits per heavy atom. The van der Waals surface area contributed by atoms with Crippen molar-refractivity contribution >= 4 is 11.9 Å². The van der Waals surface area contributed by atoms with Crippen LogP contribution in [-0.2, 0) is 31.9 Å². The number of nitrogens with one attached hydrogen (secondary N) is 1. The first-order valence-electron chi connectivity index (χ1n) is 8.36. The first-order chi connectivity index (χ1) is 12.1. The molecule has 1 aromatic rings. The standard InChI is InChI=1S/C20H19NO4/c1-3-5-12-6-4-7-13-14(12)9-15-16(19(22)21-18(13)15)10-24-17-8-11(2)20(23)25-17/h3-4,6-8,10,15,17-18H,1,5,9H2,2H3,(H,21,22)/b16-10+/t15-,17+,18-/m1/s1. The first-order valence-corrected chi connectivity index (χ1v) is 8.36. The first kappa shape index (κ1) is 15.7. The van der Waals surface area contributed by atoms with Gasteiger partial charge in [0.25, 0.3) is 12.2 Å². The number of benzene rings is 1. The van der Waals surface area contributed by atoms with E-state index in [1.54, 1.807) is 13.0 Å². The van der Waals surface area contributed by atoms with Gasteiger partial charge in [0.2, 0.25) is 0 Å². The number of cyclic esters (lactones) is 1. The molecule has 2 aliphatic heterocycles. The quantitative estimate of drug-likeness (QED) is 0.397. The molecular weight excluding hydrogens is 318 g/mol. The predicted molar refractivity (Wildman–Crippen MR) is 91.2 cm³/mol. The normalized spacial score (nSPS) is 28.3. The van der Waals surface area contributed by atoms with Gasteiger partial charge < -0.3 is 14.8 Å². The molecule has 1 saturated heterocycles. The van der Waals surface area contributed by atoms with Gasteiger partial charge in [-0.3, -0.25) is 4.79 Å². The van der Waals surface area contributed by atoms with Crippen LogP contribution in [0.4, 0.5) is 0 Å². The lowest BCUT2D eigenvalue weighted by atomic mass is 9.97. The molecule has 1 fully saturated rings. The second-order valence-corrected chi connectivity index (χ2v) is 6.57. The van der Waals surface area contributed by atoms with Crippen LogP contribution in [0.1, 0.15) is 29.7 Å². The molecule has 1 aromatic carbocycles. The summed E-state index contributed by atoms with van der Waals surface area (Å²) in [6.07, 6.45) is 5.80. The van der Waals surface area contributed by atoms with Gasteiger partial charge in [-0.1, -0.05) is 24.3 Å². The largest absolute Gasteiger partial charge is 0.458 e. The van der Waals surface area contributed by atoms with Gasteiger partial charge >= 0.3 is 5.97 Å². The molecule has 1 N–H and O–H groups in total. The lowest BCUT2D eigenvalue weighted by Crippen LogP contribution is -2.19. The summed E-state index contributed by atoms with van der Waals surface area (Å²) in [5, 5.41) is 3.05. The van der Waals surface area contributed by atoms with E-state index in [0.29, 0.717) is 11.1 Å². The van der Waals surface area contributed by atoms with Gasteiger partial charge in [0, 0.05) is 17.6 Å². The third kappa shape index (κ3) is 2.56. The van der Waals surface area contributed by atoms with Crippen molar-refractivity contribution in [1.29, 1.82) is 0 Å². The maximum atomic E-state index is 12.3. The highest BCUT2D eigenvalue weighted by atomic mass is 16.7. The van der Waals surface area contributed by atoms with Gasteiger partial charge in [-0.2, -0.15) is 0 Å². The Balaban J connectivity index is 1.58. The lowest BCUT2D eigenvalue weighted by molar-refractivity contribution is -0.152. The van der Waals surface area contributed by atoms with Crippen molar-refractivity contribution in [3.8, 4) is 0 Å². The Morgan fingerprint density at radius 3 is 2.96 bits per heavy atom. The van der Waals surface area contributed by atoms with Gasteiger partial charge in [0.05, 0.1) is 17.9 Å². The molecule has 25 heavy (non-hydrogen) atoms. The number of hydrogen-bond donors (Lipinski definition) is 1. The third-order valence-electron chi connectivity index (χ3n) is 5.04. The number of allylic oxidation sites excluding steroid dienone is 1. The molecule has 0 unspecified atom stereocenters.